The van der Waals surface area contributed by atoms with Crippen LogP contribution in [-0.4, -0.2) is 17.0 Å². The third kappa shape index (κ3) is 4.07. The lowest BCUT2D eigenvalue weighted by Gasteiger charge is -2.12. The number of nitrogens with zero attached hydrogens (tertiary/aromatic N) is 1. The number of halogens is 1. The molecule has 1 aromatic heterocycles. The van der Waals surface area contributed by atoms with Crippen LogP contribution >= 0.6 is 15.9 Å². The van der Waals surface area contributed by atoms with Crippen LogP contribution in [-0.2, 0) is 0 Å². The first-order chi connectivity index (χ1) is 12.5. The highest BCUT2D eigenvalue weighted by Crippen LogP contribution is 2.29. The van der Waals surface area contributed by atoms with Crippen molar-refractivity contribution in [2.75, 3.05) is 5.32 Å². The normalized spacial score (nSPS) is 10.2. The van der Waals surface area contributed by atoms with E-state index >= 15 is 0 Å². The van der Waals surface area contributed by atoms with Crippen molar-refractivity contribution in [3.8, 4) is 17.0 Å². The van der Waals surface area contributed by atoms with Gasteiger partial charge in [0.25, 0.3) is 5.91 Å². The number of benzene rings is 2. The van der Waals surface area contributed by atoms with E-state index in [-0.39, 0.29) is 11.3 Å². The van der Waals surface area contributed by atoms with Crippen LogP contribution in [0.1, 0.15) is 10.4 Å². The minimum absolute atomic E-state index is 0.172. The Kier molecular flexibility index (Phi) is 5.28. The number of hydrogen-bond acceptors (Lipinski definition) is 4. The standard InChI is InChI=1S/C19H14BrN3O3/c20-15-7-4-10-22-17(15)12-8-9-14(18(21)24)16(11-12)23-19(25)26-13-5-2-1-3-6-13/h1-11H,(H2,21,24)(H,23,25). The molecule has 7 heteroatoms. The Labute approximate surface area is 158 Å². The molecule has 0 aliphatic rings. The summed E-state index contributed by atoms with van der Waals surface area (Å²) in [4.78, 5) is 28.1. The molecule has 6 nitrogen and oxygen atoms in total. The molecule has 0 saturated heterocycles. The number of anilines is 1. The van der Waals surface area contributed by atoms with Crippen LogP contribution in [0.3, 0.4) is 0 Å². The third-order valence-corrected chi connectivity index (χ3v) is 4.15. The number of amides is 2. The Bertz CT molecular complexity index is 961. The highest BCUT2D eigenvalue weighted by atomic mass is 79.9. The Morgan fingerprint density at radius 1 is 1.04 bits per heavy atom. The predicted molar refractivity (Wildman–Crippen MR) is 102 cm³/mol. The average molecular weight is 412 g/mol. The summed E-state index contributed by atoms with van der Waals surface area (Å²) in [5.41, 5.74) is 7.20. The maximum Gasteiger partial charge on any atom is 0.417 e. The zero-order valence-corrected chi connectivity index (χ0v) is 15.1. The van der Waals surface area contributed by atoms with E-state index in [2.05, 4.69) is 26.2 Å². The van der Waals surface area contributed by atoms with Crippen LogP contribution in [0, 0.1) is 0 Å². The van der Waals surface area contributed by atoms with E-state index < -0.39 is 12.0 Å². The molecule has 0 spiro atoms. The van der Waals surface area contributed by atoms with Gasteiger partial charge in [-0.05, 0) is 52.3 Å². The summed E-state index contributed by atoms with van der Waals surface area (Å²) in [6.07, 6.45) is 0.926. The zero-order chi connectivity index (χ0) is 18.5. The quantitative estimate of drug-likeness (QED) is 0.671. The fraction of sp³-hybridized carbons (Fsp3) is 0. The number of hydrogen-bond donors (Lipinski definition) is 2. The summed E-state index contributed by atoms with van der Waals surface area (Å²) < 4.78 is 5.98. The third-order valence-electron chi connectivity index (χ3n) is 3.51. The van der Waals surface area contributed by atoms with E-state index in [9.17, 15) is 9.59 Å². The van der Waals surface area contributed by atoms with Gasteiger partial charge >= 0.3 is 6.09 Å². The maximum atomic E-state index is 12.2. The molecule has 3 rings (SSSR count). The average Bonchev–Trinajstić information content (AvgIpc) is 2.62. The Morgan fingerprint density at radius 3 is 2.50 bits per heavy atom. The highest BCUT2D eigenvalue weighted by Gasteiger charge is 2.15. The van der Waals surface area contributed by atoms with E-state index in [1.165, 1.54) is 6.07 Å². The van der Waals surface area contributed by atoms with Crippen molar-refractivity contribution in [1.29, 1.82) is 0 Å². The minimum Gasteiger partial charge on any atom is -0.410 e. The van der Waals surface area contributed by atoms with Crippen LogP contribution in [0.2, 0.25) is 0 Å². The molecule has 1 heterocycles. The van der Waals surface area contributed by atoms with Gasteiger partial charge in [0.2, 0.25) is 0 Å². The maximum absolute atomic E-state index is 12.2. The number of rotatable bonds is 4. The van der Waals surface area contributed by atoms with Gasteiger partial charge in [0.1, 0.15) is 5.75 Å². The predicted octanol–water partition coefficient (Wildman–Crippen LogP) is 4.22. The molecule has 0 radical (unpaired) electrons. The molecule has 2 aromatic carbocycles. The molecule has 3 aromatic rings. The molecule has 0 bridgehead atoms. The molecule has 2 amide bonds. The highest BCUT2D eigenvalue weighted by molar-refractivity contribution is 9.10. The summed E-state index contributed by atoms with van der Waals surface area (Å²) in [7, 11) is 0. The van der Waals surface area contributed by atoms with Crippen molar-refractivity contribution in [3.63, 3.8) is 0 Å². The van der Waals surface area contributed by atoms with E-state index in [0.29, 0.717) is 17.0 Å². The summed E-state index contributed by atoms with van der Waals surface area (Å²) in [5, 5.41) is 2.56. The van der Waals surface area contributed by atoms with Crippen LogP contribution in [0.15, 0.2) is 71.3 Å². The molecular formula is C19H14BrN3O3. The van der Waals surface area contributed by atoms with Gasteiger partial charge in [-0.1, -0.05) is 24.3 Å². The molecule has 3 N–H and O–H groups in total. The van der Waals surface area contributed by atoms with Crippen molar-refractivity contribution in [3.05, 3.63) is 76.9 Å². The van der Waals surface area contributed by atoms with E-state index in [1.54, 1.807) is 48.7 Å². The number of nitrogens with one attached hydrogen (secondary N) is 1. The Morgan fingerprint density at radius 2 is 1.81 bits per heavy atom. The fourth-order valence-electron chi connectivity index (χ4n) is 2.34. The van der Waals surface area contributed by atoms with E-state index in [0.717, 1.165) is 4.47 Å². The van der Waals surface area contributed by atoms with Crippen LogP contribution in [0.5, 0.6) is 5.75 Å². The van der Waals surface area contributed by atoms with Crippen LogP contribution in [0.4, 0.5) is 10.5 Å². The number of para-hydroxylation sites is 1. The first-order valence-electron chi connectivity index (χ1n) is 7.63. The number of primary amides is 1. The van der Waals surface area contributed by atoms with Gasteiger partial charge in [-0.3, -0.25) is 15.1 Å². The number of carbonyl (C=O) groups excluding carboxylic acids is 2. The molecule has 0 fully saturated rings. The van der Waals surface area contributed by atoms with Gasteiger partial charge in [0, 0.05) is 16.2 Å². The Hall–Kier alpha value is -3.19. The number of aromatic nitrogens is 1. The first kappa shape index (κ1) is 17.6. The van der Waals surface area contributed by atoms with Crippen molar-refractivity contribution in [2.24, 2.45) is 5.73 Å². The van der Waals surface area contributed by atoms with Crippen molar-refractivity contribution < 1.29 is 14.3 Å². The number of ether oxygens (including phenoxy) is 1. The van der Waals surface area contributed by atoms with Crippen molar-refractivity contribution >= 4 is 33.6 Å². The SMILES string of the molecule is NC(=O)c1ccc(-c2ncccc2Br)cc1NC(=O)Oc1ccccc1. The number of nitrogens with two attached hydrogens (primary N) is 1. The van der Waals surface area contributed by atoms with Gasteiger partial charge in [0.15, 0.2) is 0 Å². The summed E-state index contributed by atoms with van der Waals surface area (Å²) in [6.45, 7) is 0. The molecule has 0 saturated carbocycles. The lowest BCUT2D eigenvalue weighted by Crippen LogP contribution is -2.21. The second kappa shape index (κ2) is 7.79. The second-order valence-electron chi connectivity index (χ2n) is 5.29. The van der Waals surface area contributed by atoms with Gasteiger partial charge in [0.05, 0.1) is 16.9 Å². The topological polar surface area (TPSA) is 94.3 Å². The minimum atomic E-state index is -0.726. The lowest BCUT2D eigenvalue weighted by atomic mass is 10.1. The van der Waals surface area contributed by atoms with Crippen LogP contribution in [0.25, 0.3) is 11.3 Å². The number of carbonyl (C=O) groups is 2. The lowest BCUT2D eigenvalue weighted by molar-refractivity contribution is 0.100. The molecule has 130 valence electrons. The van der Waals surface area contributed by atoms with Crippen molar-refractivity contribution in [2.45, 2.75) is 0 Å². The summed E-state index contributed by atoms with van der Waals surface area (Å²) >= 11 is 3.43. The van der Waals surface area contributed by atoms with Gasteiger partial charge in [-0.15, -0.1) is 0 Å². The van der Waals surface area contributed by atoms with Crippen molar-refractivity contribution in [1.82, 2.24) is 4.98 Å². The van der Waals surface area contributed by atoms with E-state index in [4.69, 9.17) is 10.5 Å². The molecule has 0 aliphatic heterocycles. The Balaban J connectivity index is 1.91. The van der Waals surface area contributed by atoms with Gasteiger partial charge < -0.3 is 10.5 Å². The summed E-state index contributed by atoms with van der Waals surface area (Å²) in [5.74, 6) is -0.277. The molecule has 26 heavy (non-hydrogen) atoms. The fourth-order valence-corrected chi connectivity index (χ4v) is 2.82. The first-order valence-corrected chi connectivity index (χ1v) is 8.42. The monoisotopic (exact) mass is 411 g/mol. The molecule has 0 aliphatic carbocycles. The zero-order valence-electron chi connectivity index (χ0n) is 13.5. The number of pyridine rings is 1. The van der Waals surface area contributed by atoms with Gasteiger partial charge in [-0.2, -0.15) is 0 Å². The van der Waals surface area contributed by atoms with E-state index in [1.807, 2.05) is 12.1 Å². The second-order valence-corrected chi connectivity index (χ2v) is 6.14. The van der Waals surface area contributed by atoms with Crippen LogP contribution < -0.4 is 15.8 Å². The largest absolute Gasteiger partial charge is 0.417 e. The smallest absolute Gasteiger partial charge is 0.410 e. The molecular weight excluding hydrogens is 398 g/mol. The van der Waals surface area contributed by atoms with Gasteiger partial charge in [-0.25, -0.2) is 4.79 Å². The summed E-state index contributed by atoms with van der Waals surface area (Å²) in [6, 6.07) is 17.1. The molecule has 0 unspecified atom stereocenters. The molecule has 0 atom stereocenters.